The Bertz CT molecular complexity index is 251. The van der Waals surface area contributed by atoms with Crippen LogP contribution in [0.15, 0.2) is 0 Å². The van der Waals surface area contributed by atoms with E-state index in [9.17, 15) is 4.79 Å². The van der Waals surface area contributed by atoms with Crippen LogP contribution in [0.4, 0.5) is 0 Å². The molecule has 0 bridgehead atoms. The first kappa shape index (κ1) is 10.9. The minimum atomic E-state index is -0.318. The molecule has 2 N–H and O–H groups in total. The lowest BCUT2D eigenvalue weighted by Crippen LogP contribution is -2.47. The van der Waals surface area contributed by atoms with E-state index in [-0.39, 0.29) is 17.6 Å². The lowest BCUT2D eigenvalue weighted by molar-refractivity contribution is -0.133. The summed E-state index contributed by atoms with van der Waals surface area (Å²) >= 11 is 0. The highest BCUT2D eigenvalue weighted by Crippen LogP contribution is 2.25. The molecule has 5 nitrogen and oxygen atoms in total. The zero-order valence-electron chi connectivity index (χ0n) is 9.07. The van der Waals surface area contributed by atoms with Crippen LogP contribution >= 0.6 is 0 Å². The van der Waals surface area contributed by atoms with Gasteiger partial charge in [-0.2, -0.15) is 0 Å². The number of likely N-dealkylation sites (tertiary alicyclic amines) is 1. The van der Waals surface area contributed by atoms with E-state index < -0.39 is 0 Å². The number of ether oxygens (including phenoxy) is 2. The molecule has 0 aromatic rings. The number of carbonyl (C=O) groups is 1. The second-order valence-electron chi connectivity index (χ2n) is 4.34. The smallest absolute Gasteiger partial charge is 0.239 e. The van der Waals surface area contributed by atoms with E-state index in [2.05, 4.69) is 0 Å². The van der Waals surface area contributed by atoms with Gasteiger partial charge in [0.15, 0.2) is 0 Å². The maximum Gasteiger partial charge on any atom is 0.239 e. The normalized spacial score (nSPS) is 36.5. The Kier molecular flexibility index (Phi) is 2.95. The van der Waals surface area contributed by atoms with Crippen LogP contribution in [0.1, 0.15) is 12.8 Å². The van der Waals surface area contributed by atoms with Gasteiger partial charge < -0.3 is 20.1 Å². The number of nitrogens with zero attached hydrogens (tertiary/aromatic N) is 1. The Morgan fingerprint density at radius 2 is 2.53 bits per heavy atom. The molecule has 0 saturated carbocycles. The van der Waals surface area contributed by atoms with Gasteiger partial charge in [0.1, 0.15) is 5.60 Å². The number of methoxy groups -OCH3 is 1. The maximum atomic E-state index is 11.7. The molecular formula is C10H18N2O3. The summed E-state index contributed by atoms with van der Waals surface area (Å²) in [6, 6.07) is -0.318. The van der Waals surface area contributed by atoms with Crippen LogP contribution in [0, 0.1) is 0 Å². The third-order valence-corrected chi connectivity index (χ3v) is 3.32. The van der Waals surface area contributed by atoms with Gasteiger partial charge in [-0.15, -0.1) is 0 Å². The van der Waals surface area contributed by atoms with Crippen molar-refractivity contribution in [3.8, 4) is 0 Å². The molecule has 2 aliphatic heterocycles. The van der Waals surface area contributed by atoms with Crippen molar-refractivity contribution in [2.45, 2.75) is 24.5 Å². The quantitative estimate of drug-likeness (QED) is 0.678. The van der Waals surface area contributed by atoms with Crippen molar-refractivity contribution in [2.24, 2.45) is 5.73 Å². The molecule has 15 heavy (non-hydrogen) atoms. The molecule has 2 heterocycles. The van der Waals surface area contributed by atoms with E-state index in [0.717, 1.165) is 19.4 Å². The van der Waals surface area contributed by atoms with E-state index in [1.54, 1.807) is 12.0 Å². The van der Waals surface area contributed by atoms with Crippen LogP contribution in [0.5, 0.6) is 0 Å². The first-order chi connectivity index (χ1) is 7.17. The van der Waals surface area contributed by atoms with Crippen molar-refractivity contribution in [1.82, 2.24) is 4.90 Å². The van der Waals surface area contributed by atoms with E-state index in [4.69, 9.17) is 15.2 Å². The summed E-state index contributed by atoms with van der Waals surface area (Å²) < 4.78 is 10.8. The molecule has 5 heteroatoms. The Morgan fingerprint density at radius 3 is 3.00 bits per heavy atom. The van der Waals surface area contributed by atoms with Crippen LogP contribution in [0.2, 0.25) is 0 Å². The molecule has 86 valence electrons. The highest BCUT2D eigenvalue weighted by atomic mass is 16.5. The molecule has 0 aromatic carbocycles. The Balaban J connectivity index is 1.98. The third-order valence-electron chi connectivity index (χ3n) is 3.32. The summed E-state index contributed by atoms with van der Waals surface area (Å²) in [7, 11) is 1.68. The number of amides is 1. The fourth-order valence-electron chi connectivity index (χ4n) is 2.21. The molecular weight excluding hydrogens is 196 g/mol. The first-order valence-corrected chi connectivity index (χ1v) is 5.34. The van der Waals surface area contributed by atoms with Gasteiger partial charge in [-0.25, -0.2) is 0 Å². The van der Waals surface area contributed by atoms with Crippen molar-refractivity contribution in [2.75, 3.05) is 33.4 Å². The second-order valence-corrected chi connectivity index (χ2v) is 4.34. The van der Waals surface area contributed by atoms with Gasteiger partial charge in [0.05, 0.1) is 19.2 Å². The number of rotatable bonds is 3. The molecule has 0 aromatic heterocycles. The van der Waals surface area contributed by atoms with Gasteiger partial charge in [0.2, 0.25) is 5.91 Å². The summed E-state index contributed by atoms with van der Waals surface area (Å²) in [5.74, 6) is 0.0401. The van der Waals surface area contributed by atoms with Crippen molar-refractivity contribution in [1.29, 1.82) is 0 Å². The van der Waals surface area contributed by atoms with E-state index in [1.807, 2.05) is 0 Å². The Labute approximate surface area is 89.5 Å². The molecule has 2 saturated heterocycles. The zero-order chi connectivity index (χ0) is 10.9. The van der Waals surface area contributed by atoms with Gasteiger partial charge in [0, 0.05) is 26.7 Å². The monoisotopic (exact) mass is 214 g/mol. The van der Waals surface area contributed by atoms with Crippen molar-refractivity contribution in [3.63, 3.8) is 0 Å². The lowest BCUT2D eigenvalue weighted by atomic mass is 10.0. The predicted octanol–water partition coefficient (Wildman–Crippen LogP) is -0.648. The number of hydrogen-bond donors (Lipinski definition) is 1. The van der Waals surface area contributed by atoms with Gasteiger partial charge in [0.25, 0.3) is 0 Å². The summed E-state index contributed by atoms with van der Waals surface area (Å²) in [6.45, 7) is 2.63. The molecule has 0 spiro atoms. The molecule has 2 rings (SSSR count). The average molecular weight is 214 g/mol. The summed E-state index contributed by atoms with van der Waals surface area (Å²) in [5, 5.41) is 0. The molecule has 2 fully saturated rings. The molecule has 2 atom stereocenters. The second kappa shape index (κ2) is 4.08. The van der Waals surface area contributed by atoms with Gasteiger partial charge >= 0.3 is 0 Å². The van der Waals surface area contributed by atoms with Crippen molar-refractivity contribution >= 4 is 5.91 Å². The summed E-state index contributed by atoms with van der Waals surface area (Å²) in [4.78, 5) is 13.5. The van der Waals surface area contributed by atoms with Crippen LogP contribution in [0.3, 0.4) is 0 Å². The first-order valence-electron chi connectivity index (χ1n) is 5.34. The number of hydrogen-bond acceptors (Lipinski definition) is 4. The molecule has 0 radical (unpaired) electrons. The van der Waals surface area contributed by atoms with E-state index >= 15 is 0 Å². The average Bonchev–Trinajstić information content (AvgIpc) is 2.82. The minimum Gasteiger partial charge on any atom is -0.378 e. The number of nitrogens with two attached hydrogens (primary N) is 1. The third kappa shape index (κ3) is 2.00. The van der Waals surface area contributed by atoms with Crippen molar-refractivity contribution < 1.29 is 14.3 Å². The molecule has 1 amide bonds. The molecule has 0 aliphatic carbocycles. The molecule has 2 aliphatic rings. The maximum absolute atomic E-state index is 11.7. The van der Waals surface area contributed by atoms with Gasteiger partial charge in [-0.1, -0.05) is 0 Å². The minimum absolute atomic E-state index is 0.0401. The number of carbonyl (C=O) groups excluding carboxylic acids is 1. The van der Waals surface area contributed by atoms with E-state index in [0.29, 0.717) is 19.8 Å². The topological polar surface area (TPSA) is 64.8 Å². The van der Waals surface area contributed by atoms with Gasteiger partial charge in [-0.3, -0.25) is 4.79 Å². The van der Waals surface area contributed by atoms with Crippen molar-refractivity contribution in [3.05, 3.63) is 0 Å². The fourth-order valence-corrected chi connectivity index (χ4v) is 2.21. The summed E-state index contributed by atoms with van der Waals surface area (Å²) in [6.07, 6.45) is 1.60. The fraction of sp³-hybridized carbons (Fsp3) is 0.900. The van der Waals surface area contributed by atoms with Crippen LogP contribution in [-0.2, 0) is 14.3 Å². The lowest BCUT2D eigenvalue weighted by Gasteiger charge is -2.30. The largest absolute Gasteiger partial charge is 0.378 e. The highest BCUT2D eigenvalue weighted by Gasteiger charge is 2.40. The van der Waals surface area contributed by atoms with Gasteiger partial charge in [-0.05, 0) is 6.42 Å². The Hall–Kier alpha value is -0.650. The molecule has 2 unspecified atom stereocenters. The van der Waals surface area contributed by atoms with Crippen LogP contribution in [0.25, 0.3) is 0 Å². The summed E-state index contributed by atoms with van der Waals surface area (Å²) in [5.41, 5.74) is 5.36. The Morgan fingerprint density at radius 1 is 1.73 bits per heavy atom. The zero-order valence-corrected chi connectivity index (χ0v) is 9.07. The highest BCUT2D eigenvalue weighted by molar-refractivity contribution is 5.83. The van der Waals surface area contributed by atoms with Crippen LogP contribution < -0.4 is 5.73 Å². The van der Waals surface area contributed by atoms with Crippen LogP contribution in [-0.4, -0.2) is 55.9 Å². The SMILES string of the molecule is COC1(CN2CCC(N)C2=O)CCOC1. The van der Waals surface area contributed by atoms with E-state index in [1.165, 1.54) is 0 Å². The predicted molar refractivity (Wildman–Crippen MR) is 54.3 cm³/mol. The standard InChI is InChI=1S/C10H18N2O3/c1-14-10(3-5-15-7-10)6-12-4-2-8(11)9(12)13/h8H,2-7,11H2,1H3.